The van der Waals surface area contributed by atoms with Crippen LogP contribution in [0.1, 0.15) is 36.0 Å². The molecule has 0 saturated carbocycles. The number of aromatic carboxylic acids is 1. The highest BCUT2D eigenvalue weighted by molar-refractivity contribution is 7.13. The maximum Gasteiger partial charge on any atom is 0.348 e. The van der Waals surface area contributed by atoms with Gasteiger partial charge in [0.25, 0.3) is 0 Å². The Morgan fingerprint density at radius 2 is 1.95 bits per heavy atom. The number of carboxylic acid groups (broad SMARTS) is 1. The van der Waals surface area contributed by atoms with E-state index < -0.39 is 12.0 Å². The van der Waals surface area contributed by atoms with Gasteiger partial charge < -0.3 is 16.2 Å². The van der Waals surface area contributed by atoms with E-state index in [1.807, 2.05) is 24.3 Å². The molecule has 0 radical (unpaired) electrons. The Balaban J connectivity index is 2.58. The lowest BCUT2D eigenvalue weighted by Crippen LogP contribution is -2.20. The first-order valence-electron chi connectivity index (χ1n) is 6.72. The van der Waals surface area contributed by atoms with Crippen LogP contribution in [0.3, 0.4) is 0 Å². The molecule has 4 N–H and O–H groups in total. The zero-order valence-corrected chi connectivity index (χ0v) is 13.5. The predicted octanol–water partition coefficient (Wildman–Crippen LogP) is 3.90. The normalized spacial score (nSPS) is 11.2. The largest absolute Gasteiger partial charge is 0.477 e. The molecule has 6 heteroatoms. The van der Waals surface area contributed by atoms with Crippen molar-refractivity contribution >= 4 is 29.0 Å². The molecular weight excluding hydrogens is 300 g/mol. The number of benzene rings is 1. The lowest BCUT2D eigenvalue weighted by atomic mass is 9.85. The van der Waals surface area contributed by atoms with Crippen molar-refractivity contribution in [3.8, 4) is 11.1 Å². The number of nitrogens with two attached hydrogens (primary N) is 1. The van der Waals surface area contributed by atoms with Crippen LogP contribution in [0, 0.1) is 0 Å². The first-order chi connectivity index (χ1) is 10.2. The fourth-order valence-electron chi connectivity index (χ4n) is 2.13. The van der Waals surface area contributed by atoms with E-state index in [-0.39, 0.29) is 16.0 Å². The molecule has 2 rings (SSSR count). The highest BCUT2D eigenvalue weighted by atomic mass is 32.1. The molecule has 0 atom stereocenters. The van der Waals surface area contributed by atoms with Gasteiger partial charge in [0.1, 0.15) is 4.88 Å². The van der Waals surface area contributed by atoms with Crippen molar-refractivity contribution in [3.63, 3.8) is 0 Å². The summed E-state index contributed by atoms with van der Waals surface area (Å²) in [6.07, 6.45) is 0. The van der Waals surface area contributed by atoms with E-state index in [1.54, 1.807) is 5.38 Å². The molecule has 1 aromatic heterocycles. The Morgan fingerprint density at radius 3 is 2.50 bits per heavy atom. The highest BCUT2D eigenvalue weighted by Gasteiger charge is 2.21. The zero-order chi connectivity index (χ0) is 16.5. The number of carbonyl (C=O) groups is 2. The van der Waals surface area contributed by atoms with Crippen LogP contribution in [0.25, 0.3) is 11.1 Å². The Bertz CT molecular complexity index is 729. The topological polar surface area (TPSA) is 92.4 Å². The molecule has 0 aliphatic rings. The van der Waals surface area contributed by atoms with E-state index in [4.69, 9.17) is 5.73 Å². The quantitative estimate of drug-likeness (QED) is 0.801. The van der Waals surface area contributed by atoms with Crippen LogP contribution in [0.5, 0.6) is 0 Å². The number of urea groups is 1. The van der Waals surface area contributed by atoms with Crippen LogP contribution in [-0.4, -0.2) is 17.1 Å². The molecule has 0 saturated heterocycles. The van der Waals surface area contributed by atoms with Gasteiger partial charge in [0.2, 0.25) is 0 Å². The number of anilines is 1. The molecule has 0 unspecified atom stereocenters. The number of primary amides is 1. The third-order valence-corrected chi connectivity index (χ3v) is 4.24. The van der Waals surface area contributed by atoms with Gasteiger partial charge in [0, 0.05) is 10.9 Å². The number of carboxylic acids is 1. The second-order valence-corrected chi connectivity index (χ2v) is 6.86. The number of hydrogen-bond donors (Lipinski definition) is 3. The fourth-order valence-corrected chi connectivity index (χ4v) is 3.00. The summed E-state index contributed by atoms with van der Waals surface area (Å²) in [5.74, 6) is -1.09. The van der Waals surface area contributed by atoms with Gasteiger partial charge in [-0.15, -0.1) is 11.3 Å². The molecule has 0 bridgehead atoms. The summed E-state index contributed by atoms with van der Waals surface area (Å²) in [5, 5.41) is 13.4. The second kappa shape index (κ2) is 5.81. The van der Waals surface area contributed by atoms with Crippen LogP contribution >= 0.6 is 11.3 Å². The van der Waals surface area contributed by atoms with Crippen molar-refractivity contribution in [3.05, 3.63) is 40.1 Å². The Labute approximate surface area is 132 Å². The van der Waals surface area contributed by atoms with Crippen molar-refractivity contribution in [2.45, 2.75) is 26.2 Å². The molecule has 0 spiro atoms. The predicted molar refractivity (Wildman–Crippen MR) is 88.6 cm³/mol. The number of hydrogen-bond acceptors (Lipinski definition) is 3. The molecule has 1 heterocycles. The summed E-state index contributed by atoms with van der Waals surface area (Å²) in [4.78, 5) is 22.5. The molecule has 5 nitrogen and oxygen atoms in total. The van der Waals surface area contributed by atoms with E-state index in [0.29, 0.717) is 5.56 Å². The molecule has 0 aliphatic heterocycles. The van der Waals surface area contributed by atoms with Gasteiger partial charge in [-0.3, -0.25) is 0 Å². The minimum Gasteiger partial charge on any atom is -0.477 e. The molecule has 2 amide bonds. The summed E-state index contributed by atoms with van der Waals surface area (Å²) in [5.41, 5.74) is 8.01. The van der Waals surface area contributed by atoms with Crippen LogP contribution in [0.4, 0.5) is 10.5 Å². The third kappa shape index (κ3) is 3.28. The maximum absolute atomic E-state index is 11.3. The Kier molecular flexibility index (Phi) is 4.23. The maximum atomic E-state index is 11.3. The zero-order valence-electron chi connectivity index (χ0n) is 12.6. The van der Waals surface area contributed by atoms with E-state index in [0.717, 1.165) is 22.5 Å². The lowest BCUT2D eigenvalue weighted by Gasteiger charge is -2.20. The van der Waals surface area contributed by atoms with Gasteiger partial charge in [0.05, 0.1) is 5.69 Å². The number of amides is 2. The van der Waals surface area contributed by atoms with E-state index in [1.165, 1.54) is 0 Å². The summed E-state index contributed by atoms with van der Waals surface area (Å²) < 4.78 is 0. The van der Waals surface area contributed by atoms with Crippen molar-refractivity contribution in [1.82, 2.24) is 0 Å². The minimum absolute atomic E-state index is 0.0288. The number of thiophene rings is 1. The summed E-state index contributed by atoms with van der Waals surface area (Å²) >= 11 is 1.06. The van der Waals surface area contributed by atoms with Crippen LogP contribution in [0.15, 0.2) is 29.6 Å². The van der Waals surface area contributed by atoms with Crippen LogP contribution in [-0.2, 0) is 5.41 Å². The van der Waals surface area contributed by atoms with Crippen LogP contribution < -0.4 is 11.1 Å². The van der Waals surface area contributed by atoms with Gasteiger partial charge >= 0.3 is 12.0 Å². The molecule has 0 fully saturated rings. The number of nitrogens with one attached hydrogen (secondary N) is 1. The Hall–Kier alpha value is -2.34. The smallest absolute Gasteiger partial charge is 0.348 e. The van der Waals surface area contributed by atoms with E-state index in [9.17, 15) is 14.7 Å². The molecule has 2 aromatic rings. The molecule has 0 aliphatic carbocycles. The van der Waals surface area contributed by atoms with E-state index in [2.05, 4.69) is 26.1 Å². The van der Waals surface area contributed by atoms with Crippen molar-refractivity contribution < 1.29 is 14.7 Å². The summed E-state index contributed by atoms with van der Waals surface area (Å²) in [7, 11) is 0. The fraction of sp³-hybridized carbons (Fsp3) is 0.250. The van der Waals surface area contributed by atoms with E-state index >= 15 is 0 Å². The molecule has 22 heavy (non-hydrogen) atoms. The SMILES string of the molecule is CC(C)(C)c1cccc(-c2csc(C(=O)O)c2NC(N)=O)c1. The summed E-state index contributed by atoms with van der Waals surface area (Å²) in [6, 6.07) is 7.04. The van der Waals surface area contributed by atoms with Crippen molar-refractivity contribution in [1.29, 1.82) is 0 Å². The summed E-state index contributed by atoms with van der Waals surface area (Å²) in [6.45, 7) is 6.31. The average molecular weight is 318 g/mol. The first kappa shape index (κ1) is 16.0. The van der Waals surface area contributed by atoms with Gasteiger partial charge in [-0.2, -0.15) is 0 Å². The standard InChI is InChI=1S/C16H18N2O3S/c1-16(2,3)10-6-4-5-9(7-10)11-8-22-13(14(19)20)12(11)18-15(17)21/h4-8H,1-3H3,(H,19,20)(H3,17,18,21). The van der Waals surface area contributed by atoms with Crippen LogP contribution in [0.2, 0.25) is 0 Å². The van der Waals surface area contributed by atoms with Gasteiger partial charge in [0.15, 0.2) is 0 Å². The number of carbonyl (C=O) groups excluding carboxylic acids is 1. The van der Waals surface area contributed by atoms with Crippen molar-refractivity contribution in [2.75, 3.05) is 5.32 Å². The number of rotatable bonds is 3. The average Bonchev–Trinajstić information content (AvgIpc) is 2.81. The lowest BCUT2D eigenvalue weighted by molar-refractivity contribution is 0.0703. The van der Waals surface area contributed by atoms with Gasteiger partial charge in [-0.05, 0) is 16.5 Å². The van der Waals surface area contributed by atoms with Gasteiger partial charge in [-0.25, -0.2) is 9.59 Å². The second-order valence-electron chi connectivity index (χ2n) is 5.98. The monoisotopic (exact) mass is 318 g/mol. The van der Waals surface area contributed by atoms with Gasteiger partial charge in [-0.1, -0.05) is 45.0 Å². The molecule has 1 aromatic carbocycles. The first-order valence-corrected chi connectivity index (χ1v) is 7.60. The molecule has 116 valence electrons. The van der Waals surface area contributed by atoms with Crippen molar-refractivity contribution in [2.24, 2.45) is 5.73 Å². The third-order valence-electron chi connectivity index (χ3n) is 3.27. The highest BCUT2D eigenvalue weighted by Crippen LogP contribution is 2.37. The molecular formula is C16H18N2O3S. The minimum atomic E-state index is -1.09. The Morgan fingerprint density at radius 1 is 1.27 bits per heavy atom.